The molecule has 0 radical (unpaired) electrons. The van der Waals surface area contributed by atoms with Crippen LogP contribution in [0.5, 0.6) is 5.75 Å². The first-order chi connectivity index (χ1) is 12.3. The molecule has 1 saturated heterocycles. The number of para-hydroxylation sites is 1. The number of nitrogens with zero attached hydrogens (tertiary/aromatic N) is 2. The van der Waals surface area contributed by atoms with Crippen molar-refractivity contribution in [2.45, 2.75) is 31.7 Å². The second-order valence-electron chi connectivity index (χ2n) is 6.46. The quantitative estimate of drug-likeness (QED) is 0.835. The number of oxazole rings is 1. The first-order valence-corrected chi connectivity index (χ1v) is 8.81. The number of carbonyl (C=O) groups is 1. The molecular weight excluding hydrogens is 320 g/mol. The zero-order chi connectivity index (χ0) is 17.1. The number of carbonyl (C=O) groups excluding carboxylic acids is 1. The van der Waals surface area contributed by atoms with Gasteiger partial charge in [-0.15, -0.1) is 0 Å². The molecule has 1 unspecified atom stereocenters. The van der Waals surface area contributed by atoms with Crippen molar-refractivity contribution in [3.8, 4) is 5.75 Å². The highest BCUT2D eigenvalue weighted by Crippen LogP contribution is 2.29. The molecule has 1 aromatic carbocycles. The van der Waals surface area contributed by atoms with E-state index in [1.165, 1.54) is 0 Å². The van der Waals surface area contributed by atoms with Crippen LogP contribution in [0.4, 0.5) is 0 Å². The van der Waals surface area contributed by atoms with Gasteiger partial charge in [-0.1, -0.05) is 18.2 Å². The van der Waals surface area contributed by atoms with E-state index in [0.717, 1.165) is 42.5 Å². The fourth-order valence-electron chi connectivity index (χ4n) is 3.27. The van der Waals surface area contributed by atoms with Crippen LogP contribution in [0.1, 0.15) is 36.1 Å². The largest absolute Gasteiger partial charge is 0.493 e. The summed E-state index contributed by atoms with van der Waals surface area (Å²) in [5, 5.41) is 0. The molecule has 25 heavy (non-hydrogen) atoms. The molecule has 0 saturated carbocycles. The Morgan fingerprint density at radius 2 is 2.20 bits per heavy atom. The summed E-state index contributed by atoms with van der Waals surface area (Å²) < 4.78 is 16.9. The lowest BCUT2D eigenvalue weighted by Gasteiger charge is -2.25. The summed E-state index contributed by atoms with van der Waals surface area (Å²) in [6.07, 6.45) is 2.05. The van der Waals surface area contributed by atoms with E-state index in [1.54, 1.807) is 0 Å². The van der Waals surface area contributed by atoms with Gasteiger partial charge in [0.05, 0.1) is 32.1 Å². The smallest absolute Gasteiger partial charge is 0.226 e. The van der Waals surface area contributed by atoms with Gasteiger partial charge in [0.2, 0.25) is 5.91 Å². The van der Waals surface area contributed by atoms with Crippen molar-refractivity contribution in [1.29, 1.82) is 0 Å². The fraction of sp³-hybridized carbons (Fsp3) is 0.474. The molecule has 132 valence electrons. The topological polar surface area (TPSA) is 64.8 Å². The lowest BCUT2D eigenvalue weighted by molar-refractivity contribution is -0.132. The van der Waals surface area contributed by atoms with Crippen molar-refractivity contribution in [1.82, 2.24) is 9.88 Å². The highest BCUT2D eigenvalue weighted by Gasteiger charge is 2.29. The van der Waals surface area contributed by atoms with Crippen LogP contribution in [0.15, 0.2) is 34.7 Å². The number of amides is 1. The Bertz CT molecular complexity index is 722. The van der Waals surface area contributed by atoms with Gasteiger partial charge in [0.15, 0.2) is 5.89 Å². The van der Waals surface area contributed by atoms with Crippen molar-refractivity contribution in [2.24, 2.45) is 0 Å². The molecule has 1 atom stereocenters. The Morgan fingerprint density at radius 1 is 1.32 bits per heavy atom. The van der Waals surface area contributed by atoms with E-state index in [-0.39, 0.29) is 11.8 Å². The van der Waals surface area contributed by atoms with Gasteiger partial charge in [-0.3, -0.25) is 4.79 Å². The average Bonchev–Trinajstić information content (AvgIpc) is 3.31. The molecular formula is C19H22N2O4. The summed E-state index contributed by atoms with van der Waals surface area (Å²) in [6, 6.07) is 9.55. The molecule has 2 aliphatic heterocycles. The summed E-state index contributed by atoms with van der Waals surface area (Å²) in [5.74, 6) is 2.83. The number of fused-ring (bicyclic) bond motifs is 1. The van der Waals surface area contributed by atoms with E-state index in [9.17, 15) is 4.79 Å². The van der Waals surface area contributed by atoms with Crippen LogP contribution in [0.25, 0.3) is 0 Å². The maximum atomic E-state index is 12.4. The number of benzene rings is 1. The van der Waals surface area contributed by atoms with Gasteiger partial charge in [-0.05, 0) is 18.6 Å². The molecule has 4 rings (SSSR count). The standard InChI is InChI=1S/C19H22N2O4/c22-18(8-11-24-15-4-2-1-3-5-15)21-9-6-17-16(12-21)20-19(25-17)14-7-10-23-13-14/h1-5,14H,6-13H2. The third-order valence-electron chi connectivity index (χ3n) is 4.70. The number of rotatable bonds is 5. The molecule has 3 heterocycles. The molecule has 6 heteroatoms. The summed E-state index contributed by atoms with van der Waals surface area (Å²) in [4.78, 5) is 18.9. The SMILES string of the molecule is O=C(CCOc1ccccc1)N1CCc2oc(C3CCOC3)nc2C1. The minimum absolute atomic E-state index is 0.0929. The number of hydrogen-bond donors (Lipinski definition) is 0. The highest BCUT2D eigenvalue weighted by atomic mass is 16.5. The monoisotopic (exact) mass is 342 g/mol. The Hall–Kier alpha value is -2.34. The number of aromatic nitrogens is 1. The summed E-state index contributed by atoms with van der Waals surface area (Å²) >= 11 is 0. The van der Waals surface area contributed by atoms with Crippen LogP contribution >= 0.6 is 0 Å². The predicted octanol–water partition coefficient (Wildman–Crippen LogP) is 2.53. The molecule has 1 fully saturated rings. The molecule has 0 N–H and O–H groups in total. The fourth-order valence-corrected chi connectivity index (χ4v) is 3.27. The van der Waals surface area contributed by atoms with E-state index in [2.05, 4.69) is 4.98 Å². The Labute approximate surface area is 146 Å². The van der Waals surface area contributed by atoms with E-state index in [4.69, 9.17) is 13.9 Å². The van der Waals surface area contributed by atoms with Gasteiger partial charge in [-0.2, -0.15) is 0 Å². The predicted molar refractivity (Wildman–Crippen MR) is 90.4 cm³/mol. The maximum Gasteiger partial charge on any atom is 0.226 e. The Morgan fingerprint density at radius 3 is 3.00 bits per heavy atom. The highest BCUT2D eigenvalue weighted by molar-refractivity contribution is 5.76. The minimum Gasteiger partial charge on any atom is -0.493 e. The average molecular weight is 342 g/mol. The van der Waals surface area contributed by atoms with Gasteiger partial charge >= 0.3 is 0 Å². The third-order valence-corrected chi connectivity index (χ3v) is 4.70. The van der Waals surface area contributed by atoms with E-state index >= 15 is 0 Å². The number of hydrogen-bond acceptors (Lipinski definition) is 5. The summed E-state index contributed by atoms with van der Waals surface area (Å²) in [7, 11) is 0. The van der Waals surface area contributed by atoms with Crippen molar-refractivity contribution >= 4 is 5.91 Å². The van der Waals surface area contributed by atoms with Crippen LogP contribution < -0.4 is 4.74 Å². The van der Waals surface area contributed by atoms with Crippen molar-refractivity contribution in [2.75, 3.05) is 26.4 Å². The summed E-state index contributed by atoms with van der Waals surface area (Å²) in [5.41, 5.74) is 0.894. The Kier molecular flexibility index (Phi) is 4.70. The summed E-state index contributed by atoms with van der Waals surface area (Å²) in [6.45, 7) is 3.03. The van der Waals surface area contributed by atoms with Crippen molar-refractivity contribution in [3.05, 3.63) is 47.7 Å². The lowest BCUT2D eigenvalue weighted by Crippen LogP contribution is -2.36. The van der Waals surface area contributed by atoms with Gasteiger partial charge < -0.3 is 18.8 Å². The van der Waals surface area contributed by atoms with Gasteiger partial charge in [0.1, 0.15) is 17.2 Å². The molecule has 6 nitrogen and oxygen atoms in total. The van der Waals surface area contributed by atoms with Crippen LogP contribution in [-0.4, -0.2) is 42.2 Å². The van der Waals surface area contributed by atoms with Crippen molar-refractivity contribution < 1.29 is 18.7 Å². The van der Waals surface area contributed by atoms with Gasteiger partial charge in [-0.25, -0.2) is 4.98 Å². The zero-order valence-corrected chi connectivity index (χ0v) is 14.1. The zero-order valence-electron chi connectivity index (χ0n) is 14.1. The normalized spacial score (nSPS) is 19.7. The Balaban J connectivity index is 1.31. The first-order valence-electron chi connectivity index (χ1n) is 8.81. The molecule has 0 bridgehead atoms. The van der Waals surface area contributed by atoms with E-state index < -0.39 is 0 Å². The van der Waals surface area contributed by atoms with Crippen LogP contribution in [0, 0.1) is 0 Å². The molecule has 0 spiro atoms. The van der Waals surface area contributed by atoms with Crippen LogP contribution in [-0.2, 0) is 22.5 Å². The van der Waals surface area contributed by atoms with Crippen LogP contribution in [0.3, 0.4) is 0 Å². The van der Waals surface area contributed by atoms with E-state index in [0.29, 0.717) is 32.7 Å². The van der Waals surface area contributed by atoms with Gasteiger partial charge in [0.25, 0.3) is 0 Å². The minimum atomic E-state index is 0.0929. The second-order valence-corrected chi connectivity index (χ2v) is 6.46. The van der Waals surface area contributed by atoms with Crippen LogP contribution in [0.2, 0.25) is 0 Å². The second kappa shape index (κ2) is 7.27. The molecule has 0 aliphatic carbocycles. The molecule has 1 aromatic heterocycles. The third kappa shape index (κ3) is 3.69. The first kappa shape index (κ1) is 16.1. The maximum absolute atomic E-state index is 12.4. The van der Waals surface area contributed by atoms with E-state index in [1.807, 2.05) is 35.2 Å². The molecule has 1 amide bonds. The lowest BCUT2D eigenvalue weighted by atomic mass is 10.1. The van der Waals surface area contributed by atoms with Gasteiger partial charge in [0, 0.05) is 19.6 Å². The van der Waals surface area contributed by atoms with Crippen molar-refractivity contribution in [3.63, 3.8) is 0 Å². The molecule has 2 aliphatic rings. The molecule has 2 aromatic rings. The number of ether oxygens (including phenoxy) is 2.